The molecule has 0 unspecified atom stereocenters. The van der Waals surface area contributed by atoms with Gasteiger partial charge in [0, 0.05) is 43.8 Å². The highest BCUT2D eigenvalue weighted by Crippen LogP contribution is 2.73. The Balaban J connectivity index is 0.00000417. The van der Waals surface area contributed by atoms with Gasteiger partial charge in [0.15, 0.2) is 28.6 Å². The molecule has 2 aromatic carbocycles. The van der Waals surface area contributed by atoms with Crippen LogP contribution in [-0.2, 0) is 24.8 Å². The first-order valence-corrected chi connectivity index (χ1v) is 17.6. The second kappa shape index (κ2) is 12.1. The molecule has 0 bridgehead atoms. The van der Waals surface area contributed by atoms with Gasteiger partial charge in [-0.25, -0.2) is 8.78 Å². The van der Waals surface area contributed by atoms with Crippen LogP contribution in [0, 0.1) is 22.7 Å². The van der Waals surface area contributed by atoms with Gasteiger partial charge in [0.2, 0.25) is 0 Å². The lowest BCUT2D eigenvalue weighted by Crippen LogP contribution is -2.71. The lowest BCUT2D eigenvalue weighted by molar-refractivity contribution is -0.256. The van der Waals surface area contributed by atoms with E-state index in [1.54, 1.807) is 32.5 Å². The fraction of sp³-hybridized carbons (Fsp3) is 0.538. The number of halogens is 2. The highest BCUT2D eigenvalue weighted by atomic mass is 32.2. The molecule has 0 amide bonds. The van der Waals surface area contributed by atoms with Crippen molar-refractivity contribution in [3.63, 3.8) is 0 Å². The number of ether oxygens (including phenoxy) is 2. The minimum atomic E-state index is -2.30. The molecule has 3 saturated carbocycles. The van der Waals surface area contributed by atoms with Crippen LogP contribution in [-0.4, -0.2) is 64.1 Å². The van der Waals surface area contributed by atoms with Crippen LogP contribution in [0.4, 0.5) is 14.5 Å². The molecule has 0 aromatic heterocycles. The van der Waals surface area contributed by atoms with Gasteiger partial charge in [0.05, 0.1) is 12.2 Å². The van der Waals surface area contributed by atoms with Gasteiger partial charge in [-0.05, 0) is 107 Å². The number of hydrogen-bond acceptors (Lipinski definition) is 8. The summed E-state index contributed by atoms with van der Waals surface area (Å²) in [6.07, 6.45) is -0.526. The number of carbonyl (C=O) groups excluding carboxylic acids is 2. The Morgan fingerprint density at radius 3 is 2.29 bits per heavy atom. The Hall–Kier alpha value is -2.89. The number of fused-ring (bicyclic) bond motifs is 7. The zero-order chi connectivity index (χ0) is 34.4. The zero-order valence-corrected chi connectivity index (χ0v) is 28.7. The van der Waals surface area contributed by atoms with Gasteiger partial charge in [-0.15, -0.1) is 0 Å². The lowest BCUT2D eigenvalue weighted by Gasteiger charge is -2.63. The van der Waals surface area contributed by atoms with E-state index < -0.39 is 76.3 Å². The minimum absolute atomic E-state index is 0. The summed E-state index contributed by atoms with van der Waals surface area (Å²) in [6.45, 7) is 8.41. The van der Waals surface area contributed by atoms with Crippen molar-refractivity contribution in [1.29, 1.82) is 0 Å². The molecule has 0 spiro atoms. The van der Waals surface area contributed by atoms with Gasteiger partial charge >= 0.3 is 0 Å². The predicted octanol–water partition coefficient (Wildman–Crippen LogP) is 7.11. The third-order valence-corrected chi connectivity index (χ3v) is 13.0. The zero-order valence-electron chi connectivity index (χ0n) is 27.8. The van der Waals surface area contributed by atoms with Crippen molar-refractivity contribution >= 4 is 29.0 Å². The third-order valence-electron chi connectivity index (χ3n) is 12.0. The van der Waals surface area contributed by atoms with Crippen LogP contribution in [0.15, 0.2) is 82.1 Å². The topological polar surface area (TPSA) is 105 Å². The Kier molecular flexibility index (Phi) is 8.88. The van der Waals surface area contributed by atoms with Crippen LogP contribution in [0.3, 0.4) is 0 Å². The molecule has 10 heteroatoms. The quantitative estimate of drug-likeness (QED) is 0.282. The first-order chi connectivity index (χ1) is 22.6. The average molecular weight is 696 g/mol. The van der Waals surface area contributed by atoms with E-state index in [-0.39, 0.29) is 32.3 Å². The normalized spacial score (nSPS) is 40.5. The van der Waals surface area contributed by atoms with Gasteiger partial charge in [-0.2, -0.15) is 0 Å². The van der Waals surface area contributed by atoms with Gasteiger partial charge in [0.25, 0.3) is 0 Å². The first kappa shape index (κ1) is 35.9. The SMILES string of the molecule is C.CC(C)Nc1ccc(Sc2ccc([C@]3(C)O[C@@H]4C[C@H]5[C@@H]6C[C@H](F)C7=CC(=O)C=C[C@]7(C)[C@@]6(F)[C@@H](O)C[C@]5(C)[C@]4(C(=O)CO)O3)cc2)cc1. The van der Waals surface area contributed by atoms with Crippen LogP contribution in [0.25, 0.3) is 0 Å². The van der Waals surface area contributed by atoms with Crippen molar-refractivity contribution < 1.29 is 38.1 Å². The van der Waals surface area contributed by atoms with Crippen LogP contribution < -0.4 is 5.32 Å². The number of nitrogens with one attached hydrogen (secondary N) is 1. The van der Waals surface area contributed by atoms with Crippen molar-refractivity contribution in [2.75, 3.05) is 11.9 Å². The molecule has 49 heavy (non-hydrogen) atoms. The number of ketones is 2. The van der Waals surface area contributed by atoms with Gasteiger partial charge < -0.3 is 25.0 Å². The minimum Gasteiger partial charge on any atom is -0.390 e. The second-order valence-corrected chi connectivity index (χ2v) is 16.2. The highest BCUT2D eigenvalue weighted by molar-refractivity contribution is 7.99. The number of carbonyl (C=O) groups is 2. The molecule has 1 saturated heterocycles. The van der Waals surface area contributed by atoms with E-state index in [2.05, 4.69) is 31.3 Å². The Labute approximate surface area is 291 Å². The first-order valence-electron chi connectivity index (χ1n) is 16.7. The van der Waals surface area contributed by atoms with Crippen LogP contribution in [0.5, 0.6) is 0 Å². The molecule has 2 aromatic rings. The Morgan fingerprint density at radius 2 is 1.67 bits per heavy atom. The summed E-state index contributed by atoms with van der Waals surface area (Å²) in [6, 6.07) is 16.2. The van der Waals surface area contributed by atoms with Crippen molar-refractivity contribution in [3.8, 4) is 0 Å². The smallest absolute Gasteiger partial charge is 0.193 e. The molecule has 1 heterocycles. The maximum atomic E-state index is 17.7. The summed E-state index contributed by atoms with van der Waals surface area (Å²) in [5.74, 6) is -4.01. The van der Waals surface area contributed by atoms with E-state index in [9.17, 15) is 19.8 Å². The number of Topliss-reactive ketones (excluding diaryl/α,β-unsaturated/α-hetero) is 1. The van der Waals surface area contributed by atoms with E-state index >= 15 is 8.78 Å². The number of hydrogen-bond donors (Lipinski definition) is 3. The van der Waals surface area contributed by atoms with Crippen molar-refractivity contribution in [2.24, 2.45) is 22.7 Å². The maximum Gasteiger partial charge on any atom is 0.193 e. The Bertz CT molecular complexity index is 1700. The van der Waals surface area contributed by atoms with Gasteiger partial charge in [-0.3, -0.25) is 9.59 Å². The summed E-state index contributed by atoms with van der Waals surface area (Å²) in [7, 11) is 0. The van der Waals surface area contributed by atoms with Gasteiger partial charge in [-0.1, -0.05) is 44.3 Å². The molecule has 0 radical (unpaired) electrons. The second-order valence-electron chi connectivity index (χ2n) is 15.0. The summed E-state index contributed by atoms with van der Waals surface area (Å²) in [5, 5.41) is 25.4. The van der Waals surface area contributed by atoms with E-state index in [1.165, 1.54) is 12.2 Å². The summed E-state index contributed by atoms with van der Waals surface area (Å²) >= 11 is 1.60. The van der Waals surface area contributed by atoms with Crippen molar-refractivity contribution in [2.45, 2.75) is 113 Å². The standard InChI is InChI=1S/C38H43F2NO6S.CH4/c1-21(2)41-23-8-12-26(13-9-23)48-25-10-6-22(7-11-25)36(5)46-33-18-27-28-17-30(39)29-16-24(43)14-15-34(29,3)37(28,40)31(44)19-35(27,4)38(33,47-36)32(45)20-42;/h6-16,21,27-28,30-31,33,41-42,44H,17-20H2,1-5H3;1H4/t27-,28-,30-,31-,33+,34-,35-,36+,37-,38+;/m0./s1. The molecule has 5 aliphatic rings. The molecule has 4 aliphatic carbocycles. The monoisotopic (exact) mass is 695 g/mol. The highest BCUT2D eigenvalue weighted by Gasteiger charge is 2.81. The molecule has 264 valence electrons. The fourth-order valence-electron chi connectivity index (χ4n) is 9.81. The van der Waals surface area contributed by atoms with Crippen molar-refractivity contribution in [1.82, 2.24) is 0 Å². The molecular weight excluding hydrogens is 648 g/mol. The van der Waals surface area contributed by atoms with E-state index in [4.69, 9.17) is 9.47 Å². The lowest BCUT2D eigenvalue weighted by atomic mass is 9.44. The molecule has 4 fully saturated rings. The summed E-state index contributed by atoms with van der Waals surface area (Å²) in [5.41, 5.74) is -4.98. The molecule has 7 nitrogen and oxygen atoms in total. The van der Waals surface area contributed by atoms with E-state index in [0.29, 0.717) is 11.6 Å². The number of benzene rings is 2. The number of aliphatic hydroxyl groups is 2. The predicted molar refractivity (Wildman–Crippen MR) is 185 cm³/mol. The molecule has 1 aliphatic heterocycles. The molecule has 10 atom stereocenters. The third kappa shape index (κ3) is 5.03. The average Bonchev–Trinajstić information content (AvgIpc) is 3.48. The summed E-state index contributed by atoms with van der Waals surface area (Å²) in [4.78, 5) is 28.1. The Morgan fingerprint density at radius 1 is 1.04 bits per heavy atom. The van der Waals surface area contributed by atoms with Crippen molar-refractivity contribution in [3.05, 3.63) is 77.9 Å². The van der Waals surface area contributed by atoms with Crippen LogP contribution in [0.1, 0.15) is 66.9 Å². The number of rotatable bonds is 7. The van der Waals surface area contributed by atoms with Crippen LogP contribution >= 0.6 is 11.8 Å². The molecule has 3 N–H and O–H groups in total. The van der Waals surface area contributed by atoms with Crippen LogP contribution in [0.2, 0.25) is 0 Å². The number of alkyl halides is 2. The maximum absolute atomic E-state index is 17.7. The number of anilines is 1. The molecular formula is C39H47F2NO6S. The number of aliphatic hydroxyl groups excluding tert-OH is 2. The van der Waals surface area contributed by atoms with E-state index in [1.807, 2.05) is 36.4 Å². The number of allylic oxidation sites excluding steroid dienone is 4. The van der Waals surface area contributed by atoms with E-state index in [0.717, 1.165) is 21.6 Å². The summed E-state index contributed by atoms with van der Waals surface area (Å²) < 4.78 is 47.0. The van der Waals surface area contributed by atoms with Gasteiger partial charge in [0.1, 0.15) is 12.8 Å². The fourth-order valence-corrected chi connectivity index (χ4v) is 10.6. The largest absolute Gasteiger partial charge is 0.390 e. The molecule has 7 rings (SSSR count).